The van der Waals surface area contributed by atoms with Crippen molar-refractivity contribution in [3.8, 4) is 0 Å². The fourth-order valence-electron chi connectivity index (χ4n) is 3.37. The van der Waals surface area contributed by atoms with E-state index in [1.807, 2.05) is 24.3 Å². The highest BCUT2D eigenvalue weighted by molar-refractivity contribution is 7.89. The average molecular weight is 359 g/mol. The number of rotatable bonds is 3. The third-order valence-corrected chi connectivity index (χ3v) is 6.52. The largest absolute Gasteiger partial charge is 0.341 e. The minimum absolute atomic E-state index is 0.268. The summed E-state index contributed by atoms with van der Waals surface area (Å²) in [6.07, 6.45) is 1.38. The smallest absolute Gasteiger partial charge is 0.246 e. The Morgan fingerprint density at radius 2 is 2.04 bits per heavy atom. The zero-order valence-electron chi connectivity index (χ0n) is 13.7. The van der Waals surface area contributed by atoms with Crippen LogP contribution in [0.2, 0.25) is 0 Å². The molecule has 5 nitrogen and oxygen atoms in total. The number of halogens is 1. The molecule has 1 fully saturated rings. The molecule has 0 aliphatic carbocycles. The van der Waals surface area contributed by atoms with E-state index in [4.69, 9.17) is 0 Å². The first-order valence-corrected chi connectivity index (χ1v) is 9.63. The maximum Gasteiger partial charge on any atom is 0.246 e. The molecule has 1 aliphatic rings. The Balaban J connectivity index is 1.77. The molecule has 0 unspecified atom stereocenters. The van der Waals surface area contributed by atoms with Crippen LogP contribution in [-0.4, -0.2) is 29.2 Å². The van der Waals surface area contributed by atoms with Crippen LogP contribution in [0.4, 0.5) is 4.39 Å². The van der Waals surface area contributed by atoms with E-state index in [9.17, 15) is 12.8 Å². The molecule has 3 aromatic rings. The van der Waals surface area contributed by atoms with Crippen molar-refractivity contribution in [3.63, 3.8) is 0 Å². The Bertz CT molecular complexity index is 1010. The van der Waals surface area contributed by atoms with Gasteiger partial charge in [-0.2, -0.15) is 4.31 Å². The number of benzene rings is 2. The number of para-hydroxylation sites is 2. The number of aryl methyl sites for hydroxylation is 1. The molecule has 25 heavy (non-hydrogen) atoms. The molecule has 0 spiro atoms. The van der Waals surface area contributed by atoms with E-state index < -0.39 is 21.9 Å². The lowest BCUT2D eigenvalue weighted by Crippen LogP contribution is -2.31. The first-order valence-electron chi connectivity index (χ1n) is 8.19. The number of sulfonamides is 1. The van der Waals surface area contributed by atoms with Crippen molar-refractivity contribution in [1.29, 1.82) is 0 Å². The summed E-state index contributed by atoms with van der Waals surface area (Å²) < 4.78 is 41.7. The van der Waals surface area contributed by atoms with Gasteiger partial charge in [0.05, 0.1) is 17.1 Å². The number of nitrogens with one attached hydrogen (secondary N) is 1. The van der Waals surface area contributed by atoms with Crippen LogP contribution in [0.25, 0.3) is 11.0 Å². The number of nitrogens with zero attached hydrogens (tertiary/aromatic N) is 2. The zero-order chi connectivity index (χ0) is 17.6. The predicted octanol–water partition coefficient (Wildman–Crippen LogP) is 3.54. The summed E-state index contributed by atoms with van der Waals surface area (Å²) >= 11 is 0. The second-order valence-corrected chi connectivity index (χ2v) is 8.21. The van der Waals surface area contributed by atoms with E-state index in [0.717, 1.165) is 11.0 Å². The number of H-pyrrole nitrogens is 1. The van der Waals surface area contributed by atoms with Gasteiger partial charge in [-0.15, -0.1) is 0 Å². The van der Waals surface area contributed by atoms with E-state index in [0.29, 0.717) is 30.8 Å². The summed E-state index contributed by atoms with van der Waals surface area (Å²) in [6, 6.07) is 11.3. The van der Waals surface area contributed by atoms with Crippen molar-refractivity contribution in [2.75, 3.05) is 6.54 Å². The second kappa shape index (κ2) is 5.93. The number of hydrogen-bond donors (Lipinski definition) is 1. The SMILES string of the molecule is Cc1ccc(F)c(S(=O)(=O)N2CCC[C@H]2c2nc3ccccc3[nH]2)c1. The Kier molecular flexibility index (Phi) is 3.85. The lowest BCUT2D eigenvalue weighted by Gasteiger charge is -2.23. The topological polar surface area (TPSA) is 66.1 Å². The lowest BCUT2D eigenvalue weighted by atomic mass is 10.2. The normalized spacial score (nSPS) is 18.9. The summed E-state index contributed by atoms with van der Waals surface area (Å²) in [5.41, 5.74) is 2.37. The summed E-state index contributed by atoms with van der Waals surface area (Å²) in [4.78, 5) is 7.47. The fraction of sp³-hybridized carbons (Fsp3) is 0.278. The van der Waals surface area contributed by atoms with Crippen molar-refractivity contribution in [3.05, 3.63) is 59.7 Å². The van der Waals surface area contributed by atoms with Gasteiger partial charge in [-0.3, -0.25) is 0 Å². The molecule has 4 rings (SSSR count). The summed E-state index contributed by atoms with van der Waals surface area (Å²) in [6.45, 7) is 2.11. The number of hydrogen-bond acceptors (Lipinski definition) is 3. The highest BCUT2D eigenvalue weighted by Crippen LogP contribution is 2.36. The highest BCUT2D eigenvalue weighted by Gasteiger charge is 2.39. The van der Waals surface area contributed by atoms with Gasteiger partial charge in [0.15, 0.2) is 0 Å². The van der Waals surface area contributed by atoms with E-state index in [1.54, 1.807) is 13.0 Å². The quantitative estimate of drug-likeness (QED) is 0.778. The highest BCUT2D eigenvalue weighted by atomic mass is 32.2. The molecule has 0 bridgehead atoms. The molecule has 1 saturated heterocycles. The molecular formula is C18H18FN3O2S. The first-order chi connectivity index (χ1) is 12.0. The molecule has 0 saturated carbocycles. The Morgan fingerprint density at radius 3 is 2.84 bits per heavy atom. The molecule has 7 heteroatoms. The van der Waals surface area contributed by atoms with E-state index >= 15 is 0 Å². The molecule has 1 N–H and O–H groups in total. The van der Waals surface area contributed by atoms with Crippen molar-refractivity contribution in [1.82, 2.24) is 14.3 Å². The minimum Gasteiger partial charge on any atom is -0.341 e. The Morgan fingerprint density at radius 1 is 1.24 bits per heavy atom. The van der Waals surface area contributed by atoms with Crippen LogP contribution in [-0.2, 0) is 10.0 Å². The van der Waals surface area contributed by atoms with Gasteiger partial charge in [0.25, 0.3) is 0 Å². The molecule has 1 aromatic heterocycles. The van der Waals surface area contributed by atoms with E-state index in [-0.39, 0.29) is 4.90 Å². The van der Waals surface area contributed by atoms with Crippen molar-refractivity contribution >= 4 is 21.1 Å². The standard InChI is InChI=1S/C18H18FN3O2S/c1-12-8-9-13(19)17(11-12)25(23,24)22-10-4-7-16(22)18-20-14-5-2-3-6-15(14)21-18/h2-3,5-6,8-9,11,16H,4,7,10H2,1H3,(H,20,21)/t16-/m0/s1. The number of fused-ring (bicyclic) bond motifs is 1. The van der Waals surface area contributed by atoms with Crippen molar-refractivity contribution in [2.45, 2.75) is 30.7 Å². The van der Waals surface area contributed by atoms with Gasteiger partial charge in [0.2, 0.25) is 10.0 Å². The molecular weight excluding hydrogens is 341 g/mol. The van der Waals surface area contributed by atoms with Crippen molar-refractivity contribution in [2.24, 2.45) is 0 Å². The summed E-state index contributed by atoms with van der Waals surface area (Å²) in [5.74, 6) is -0.115. The average Bonchev–Trinajstić information content (AvgIpc) is 3.23. The van der Waals surface area contributed by atoms with Gasteiger partial charge in [-0.1, -0.05) is 18.2 Å². The van der Waals surface area contributed by atoms with E-state index in [1.165, 1.54) is 16.4 Å². The Labute approximate surface area is 145 Å². The monoisotopic (exact) mass is 359 g/mol. The van der Waals surface area contributed by atoms with Gasteiger partial charge >= 0.3 is 0 Å². The number of aromatic nitrogens is 2. The number of aromatic amines is 1. The third-order valence-electron chi connectivity index (χ3n) is 4.60. The molecule has 1 atom stereocenters. The van der Waals surface area contributed by atoms with Gasteiger partial charge in [0.1, 0.15) is 16.5 Å². The second-order valence-electron chi connectivity index (χ2n) is 6.35. The molecule has 0 amide bonds. The molecule has 2 heterocycles. The molecule has 1 aliphatic heterocycles. The van der Waals surface area contributed by atoms with Gasteiger partial charge in [0, 0.05) is 6.54 Å². The van der Waals surface area contributed by atoms with Crippen LogP contribution in [0.5, 0.6) is 0 Å². The summed E-state index contributed by atoms with van der Waals surface area (Å²) in [7, 11) is -3.93. The molecule has 2 aromatic carbocycles. The van der Waals surface area contributed by atoms with Crippen LogP contribution >= 0.6 is 0 Å². The van der Waals surface area contributed by atoms with Crippen LogP contribution in [0.1, 0.15) is 30.3 Å². The molecule has 0 radical (unpaired) electrons. The maximum absolute atomic E-state index is 14.2. The van der Waals surface area contributed by atoms with Gasteiger partial charge in [-0.05, 0) is 49.6 Å². The molecule has 130 valence electrons. The fourth-order valence-corrected chi connectivity index (χ4v) is 5.18. The van der Waals surface area contributed by atoms with Gasteiger partial charge in [-0.25, -0.2) is 17.8 Å². The lowest BCUT2D eigenvalue weighted by molar-refractivity contribution is 0.383. The predicted molar refractivity (Wildman–Crippen MR) is 93.1 cm³/mol. The van der Waals surface area contributed by atoms with Crippen LogP contribution in [0, 0.1) is 12.7 Å². The summed E-state index contributed by atoms with van der Waals surface area (Å²) in [5, 5.41) is 0. The maximum atomic E-state index is 14.2. The van der Waals surface area contributed by atoms with Gasteiger partial charge < -0.3 is 4.98 Å². The van der Waals surface area contributed by atoms with Crippen LogP contribution in [0.3, 0.4) is 0 Å². The minimum atomic E-state index is -3.93. The number of imidazole rings is 1. The van der Waals surface area contributed by atoms with Crippen LogP contribution < -0.4 is 0 Å². The van der Waals surface area contributed by atoms with E-state index in [2.05, 4.69) is 9.97 Å². The van der Waals surface area contributed by atoms with Crippen LogP contribution in [0.15, 0.2) is 47.4 Å². The third kappa shape index (κ3) is 2.73. The Hall–Kier alpha value is -2.25. The first kappa shape index (κ1) is 16.2. The zero-order valence-corrected chi connectivity index (χ0v) is 14.6. The van der Waals surface area contributed by atoms with Crippen molar-refractivity contribution < 1.29 is 12.8 Å².